The number of benzene rings is 3. The summed E-state index contributed by atoms with van der Waals surface area (Å²) in [4.78, 5) is 12.8. The molecule has 0 saturated heterocycles. The van der Waals surface area contributed by atoms with Crippen molar-refractivity contribution in [2.45, 2.75) is 20.5 Å². The van der Waals surface area contributed by atoms with E-state index in [9.17, 15) is 10.1 Å². The molecule has 0 fully saturated rings. The van der Waals surface area contributed by atoms with Crippen molar-refractivity contribution in [2.75, 3.05) is 12.4 Å². The molecule has 0 radical (unpaired) electrons. The highest BCUT2D eigenvalue weighted by Gasteiger charge is 2.14. The Morgan fingerprint density at radius 3 is 2.56 bits per heavy atom. The summed E-state index contributed by atoms with van der Waals surface area (Å²) in [6.07, 6.45) is 1.51. The number of halogens is 1. The fraction of sp³-hybridized carbons (Fsp3) is 0.154. The first-order valence-corrected chi connectivity index (χ1v) is 10.3. The van der Waals surface area contributed by atoms with Crippen LogP contribution in [0.1, 0.15) is 22.3 Å². The Labute approximate surface area is 192 Å². The molecule has 0 aromatic heterocycles. The zero-order valence-electron chi connectivity index (χ0n) is 18.1. The van der Waals surface area contributed by atoms with Gasteiger partial charge in [-0.05, 0) is 66.9 Å². The lowest BCUT2D eigenvalue weighted by atomic mass is 10.1. The van der Waals surface area contributed by atoms with E-state index in [0.29, 0.717) is 34.4 Å². The molecule has 5 nitrogen and oxygen atoms in total. The molecule has 0 aliphatic heterocycles. The number of amides is 1. The average molecular weight is 447 g/mol. The van der Waals surface area contributed by atoms with Crippen molar-refractivity contribution < 1.29 is 14.3 Å². The third-order valence-electron chi connectivity index (χ3n) is 5.05. The number of ether oxygens (including phenoxy) is 2. The molecule has 1 amide bonds. The number of hydrogen-bond donors (Lipinski definition) is 1. The Balaban J connectivity index is 1.87. The molecule has 0 saturated carbocycles. The first-order chi connectivity index (χ1) is 15.4. The lowest BCUT2D eigenvalue weighted by Crippen LogP contribution is -2.14. The molecule has 6 heteroatoms. The summed E-state index contributed by atoms with van der Waals surface area (Å²) in [5.74, 6) is 0.610. The molecule has 0 heterocycles. The van der Waals surface area contributed by atoms with Crippen LogP contribution in [0, 0.1) is 25.2 Å². The first kappa shape index (κ1) is 22.9. The highest BCUT2D eigenvalue weighted by molar-refractivity contribution is 6.30. The van der Waals surface area contributed by atoms with Gasteiger partial charge in [-0.1, -0.05) is 35.9 Å². The third-order valence-corrected chi connectivity index (χ3v) is 5.30. The van der Waals surface area contributed by atoms with Crippen molar-refractivity contribution in [2.24, 2.45) is 0 Å². The molecule has 0 aliphatic carbocycles. The maximum Gasteiger partial charge on any atom is 0.266 e. The van der Waals surface area contributed by atoms with E-state index in [1.807, 2.05) is 50.2 Å². The number of anilines is 1. The van der Waals surface area contributed by atoms with E-state index < -0.39 is 5.91 Å². The number of methoxy groups -OCH3 is 1. The lowest BCUT2D eigenvalue weighted by Gasteiger charge is -2.12. The van der Waals surface area contributed by atoms with Gasteiger partial charge in [-0.15, -0.1) is 0 Å². The fourth-order valence-corrected chi connectivity index (χ4v) is 3.13. The maximum atomic E-state index is 12.8. The number of hydrogen-bond acceptors (Lipinski definition) is 4. The number of aryl methyl sites for hydroxylation is 1. The summed E-state index contributed by atoms with van der Waals surface area (Å²) in [5, 5.41) is 13.1. The summed E-state index contributed by atoms with van der Waals surface area (Å²) < 4.78 is 11.3. The van der Waals surface area contributed by atoms with Crippen molar-refractivity contribution in [1.82, 2.24) is 0 Å². The van der Waals surface area contributed by atoms with Gasteiger partial charge < -0.3 is 14.8 Å². The van der Waals surface area contributed by atoms with Gasteiger partial charge in [0.1, 0.15) is 29.7 Å². The van der Waals surface area contributed by atoms with E-state index in [0.717, 1.165) is 16.7 Å². The quantitative estimate of drug-likeness (QED) is 0.352. The van der Waals surface area contributed by atoms with Crippen LogP contribution in [-0.2, 0) is 11.4 Å². The van der Waals surface area contributed by atoms with E-state index in [1.54, 1.807) is 37.4 Å². The minimum absolute atomic E-state index is 0.0348. The number of nitrogens with one attached hydrogen (secondary N) is 1. The Hall–Kier alpha value is -3.75. The van der Waals surface area contributed by atoms with Crippen LogP contribution in [0.5, 0.6) is 11.5 Å². The van der Waals surface area contributed by atoms with Crippen molar-refractivity contribution in [3.05, 3.63) is 93.5 Å². The zero-order chi connectivity index (χ0) is 23.1. The monoisotopic (exact) mass is 446 g/mol. The Morgan fingerprint density at radius 1 is 1.12 bits per heavy atom. The molecule has 32 heavy (non-hydrogen) atoms. The van der Waals surface area contributed by atoms with Crippen LogP contribution < -0.4 is 14.8 Å². The van der Waals surface area contributed by atoms with Gasteiger partial charge in [-0.25, -0.2) is 0 Å². The molecule has 1 N–H and O–H groups in total. The number of rotatable bonds is 7. The Morgan fingerprint density at radius 2 is 1.88 bits per heavy atom. The molecule has 0 spiro atoms. The number of carbonyl (C=O) groups excluding carboxylic acids is 1. The van der Waals surface area contributed by atoms with Gasteiger partial charge in [-0.2, -0.15) is 5.26 Å². The standard InChI is InChI=1S/C26H23ClN2O3/c1-17-5-4-6-24(18(17)2)29-26(30)21(15-28)13-20-9-12-23(31-3)14-25(20)32-16-19-7-10-22(27)11-8-19/h4-14H,16H2,1-3H3,(H,29,30)/b21-13+. The van der Waals surface area contributed by atoms with Crippen LogP contribution in [0.4, 0.5) is 5.69 Å². The van der Waals surface area contributed by atoms with E-state index in [2.05, 4.69) is 5.32 Å². The van der Waals surface area contributed by atoms with Crippen molar-refractivity contribution in [3.8, 4) is 17.6 Å². The molecule has 162 valence electrons. The predicted octanol–water partition coefficient (Wildman–Crippen LogP) is 6.09. The molecule has 3 aromatic carbocycles. The van der Waals surface area contributed by atoms with Gasteiger partial charge in [0.05, 0.1) is 7.11 Å². The molecular weight excluding hydrogens is 424 g/mol. The van der Waals surface area contributed by atoms with Crippen molar-refractivity contribution in [1.29, 1.82) is 5.26 Å². The second kappa shape index (κ2) is 10.5. The van der Waals surface area contributed by atoms with Crippen LogP contribution in [0.25, 0.3) is 6.08 Å². The summed E-state index contributed by atoms with van der Waals surface area (Å²) in [5.41, 5.74) is 4.16. The Bertz CT molecular complexity index is 1190. The highest BCUT2D eigenvalue weighted by Crippen LogP contribution is 2.28. The van der Waals surface area contributed by atoms with E-state index in [4.69, 9.17) is 21.1 Å². The van der Waals surface area contributed by atoms with Gasteiger partial charge in [0.15, 0.2) is 0 Å². The second-order valence-electron chi connectivity index (χ2n) is 7.19. The first-order valence-electron chi connectivity index (χ1n) is 9.96. The summed E-state index contributed by atoms with van der Waals surface area (Å²) in [6.45, 7) is 4.18. The summed E-state index contributed by atoms with van der Waals surface area (Å²) in [6, 6.07) is 20.2. The molecule has 0 bridgehead atoms. The van der Waals surface area contributed by atoms with Crippen LogP contribution in [0.2, 0.25) is 5.02 Å². The van der Waals surface area contributed by atoms with Gasteiger partial charge in [0.25, 0.3) is 5.91 Å². The smallest absolute Gasteiger partial charge is 0.266 e. The molecule has 3 rings (SSSR count). The Kier molecular flexibility index (Phi) is 7.54. The van der Waals surface area contributed by atoms with Crippen molar-refractivity contribution >= 4 is 29.3 Å². The van der Waals surface area contributed by atoms with Crippen molar-refractivity contribution in [3.63, 3.8) is 0 Å². The highest BCUT2D eigenvalue weighted by atomic mass is 35.5. The number of nitriles is 1. The minimum atomic E-state index is -0.485. The summed E-state index contributed by atoms with van der Waals surface area (Å²) in [7, 11) is 1.56. The van der Waals surface area contributed by atoms with Gasteiger partial charge >= 0.3 is 0 Å². The zero-order valence-corrected chi connectivity index (χ0v) is 18.9. The topological polar surface area (TPSA) is 71.3 Å². The van der Waals surface area contributed by atoms with Gasteiger partial charge in [-0.3, -0.25) is 4.79 Å². The maximum absolute atomic E-state index is 12.8. The molecule has 0 aliphatic rings. The minimum Gasteiger partial charge on any atom is -0.497 e. The fourth-order valence-electron chi connectivity index (χ4n) is 3.01. The normalized spacial score (nSPS) is 10.9. The van der Waals surface area contributed by atoms with Crippen LogP contribution in [-0.4, -0.2) is 13.0 Å². The van der Waals surface area contributed by atoms with E-state index in [1.165, 1.54) is 6.08 Å². The average Bonchev–Trinajstić information content (AvgIpc) is 2.80. The number of nitrogens with zero attached hydrogens (tertiary/aromatic N) is 1. The second-order valence-corrected chi connectivity index (χ2v) is 7.63. The predicted molar refractivity (Wildman–Crippen MR) is 127 cm³/mol. The van der Waals surface area contributed by atoms with Gasteiger partial charge in [0.2, 0.25) is 0 Å². The molecule has 3 aromatic rings. The van der Waals surface area contributed by atoms with Crippen LogP contribution in [0.3, 0.4) is 0 Å². The summed E-state index contributed by atoms with van der Waals surface area (Å²) >= 11 is 5.94. The van der Waals surface area contributed by atoms with Gasteiger partial charge in [0, 0.05) is 22.3 Å². The third kappa shape index (κ3) is 5.69. The molecule has 0 atom stereocenters. The molecular formula is C26H23ClN2O3. The van der Waals surface area contributed by atoms with Crippen LogP contribution in [0.15, 0.2) is 66.2 Å². The number of carbonyl (C=O) groups is 1. The SMILES string of the molecule is COc1ccc(/C=C(\C#N)C(=O)Nc2cccc(C)c2C)c(OCc2ccc(Cl)cc2)c1. The largest absolute Gasteiger partial charge is 0.497 e. The van der Waals surface area contributed by atoms with E-state index in [-0.39, 0.29) is 5.57 Å². The van der Waals surface area contributed by atoms with Crippen LogP contribution >= 0.6 is 11.6 Å². The molecule has 0 unspecified atom stereocenters. The lowest BCUT2D eigenvalue weighted by molar-refractivity contribution is -0.112. The van der Waals surface area contributed by atoms with E-state index >= 15 is 0 Å².